The molecule has 0 N–H and O–H groups in total. The Kier molecular flexibility index (Phi) is 6.62. The van der Waals surface area contributed by atoms with Crippen molar-refractivity contribution in [1.82, 2.24) is 9.78 Å². The normalized spacial score (nSPS) is 23.7. The molecule has 1 aromatic carbocycles. The monoisotopic (exact) mass is 465 g/mol. The fourth-order valence-corrected chi connectivity index (χ4v) is 5.53. The Labute approximate surface area is 200 Å². The molecular formula is C27H32FN3O3. The van der Waals surface area contributed by atoms with Gasteiger partial charge in [-0.3, -0.25) is 14.3 Å². The number of carbonyl (C=O) groups is 2. The number of carbonyl (C=O) groups excluding carboxylic acids is 2. The van der Waals surface area contributed by atoms with Gasteiger partial charge < -0.3 is 4.74 Å². The van der Waals surface area contributed by atoms with E-state index in [2.05, 4.69) is 11.2 Å². The number of nitriles is 1. The number of hydrogen-bond acceptors (Lipinski definition) is 5. The van der Waals surface area contributed by atoms with E-state index in [1.807, 2.05) is 12.3 Å². The van der Waals surface area contributed by atoms with Crippen LogP contribution in [0.3, 0.4) is 0 Å². The van der Waals surface area contributed by atoms with Crippen LogP contribution in [0.15, 0.2) is 30.6 Å². The first-order valence-corrected chi connectivity index (χ1v) is 12.1. The number of nitrogens with zero attached hydrogens (tertiary/aromatic N) is 3. The third-order valence-corrected chi connectivity index (χ3v) is 7.57. The number of aromatic nitrogens is 2. The zero-order valence-electron chi connectivity index (χ0n) is 20.1. The van der Waals surface area contributed by atoms with Crippen LogP contribution in [0.4, 0.5) is 4.39 Å². The summed E-state index contributed by atoms with van der Waals surface area (Å²) >= 11 is 0. The Bertz CT molecular complexity index is 1110. The Morgan fingerprint density at radius 1 is 1.26 bits per heavy atom. The maximum atomic E-state index is 14.8. The first-order chi connectivity index (χ1) is 16.1. The van der Waals surface area contributed by atoms with Gasteiger partial charge in [-0.05, 0) is 69.1 Å². The summed E-state index contributed by atoms with van der Waals surface area (Å²) in [4.78, 5) is 26.3. The molecule has 1 aliphatic heterocycles. The van der Waals surface area contributed by atoms with Crippen LogP contribution in [0.25, 0.3) is 0 Å². The average molecular weight is 466 g/mol. The number of hydrogen-bond donors (Lipinski definition) is 0. The van der Waals surface area contributed by atoms with Crippen LogP contribution in [0.1, 0.15) is 69.1 Å². The van der Waals surface area contributed by atoms with Gasteiger partial charge in [0.2, 0.25) is 0 Å². The summed E-state index contributed by atoms with van der Waals surface area (Å²) in [5.74, 6) is -1.61. The second-order valence-corrected chi connectivity index (χ2v) is 10.4. The van der Waals surface area contributed by atoms with E-state index in [-0.39, 0.29) is 18.1 Å². The van der Waals surface area contributed by atoms with Gasteiger partial charge in [-0.15, -0.1) is 0 Å². The van der Waals surface area contributed by atoms with Gasteiger partial charge in [-0.25, -0.2) is 4.39 Å². The number of aryl methyl sites for hydroxylation is 2. The predicted molar refractivity (Wildman–Crippen MR) is 124 cm³/mol. The standard InChI is InChI=1S/C27H32FN3O3/c1-26(2,17-29)22-9-8-18(13-23(22)28)10-11-27(20-6-4-5-7-20)14-24(32)21(25(33)34-27)12-19-15-30-31(3)16-19/h8-9,13,15-16,20-21H,4-7,10-12,14H2,1-3H3. The van der Waals surface area contributed by atoms with Crippen LogP contribution < -0.4 is 0 Å². The Balaban J connectivity index is 1.52. The van der Waals surface area contributed by atoms with Crippen molar-refractivity contribution in [2.75, 3.05) is 0 Å². The van der Waals surface area contributed by atoms with Gasteiger partial charge in [-0.1, -0.05) is 25.0 Å². The molecule has 2 aromatic rings. The van der Waals surface area contributed by atoms with Gasteiger partial charge in [0.1, 0.15) is 17.3 Å². The molecule has 2 atom stereocenters. The topological polar surface area (TPSA) is 85.0 Å². The molecule has 0 amide bonds. The molecular weight excluding hydrogens is 433 g/mol. The predicted octanol–water partition coefficient (Wildman–Crippen LogP) is 4.60. The van der Waals surface area contributed by atoms with Crippen LogP contribution in [0.2, 0.25) is 0 Å². The molecule has 1 aromatic heterocycles. The van der Waals surface area contributed by atoms with Crippen molar-refractivity contribution < 1.29 is 18.7 Å². The van der Waals surface area contributed by atoms with Crippen molar-refractivity contribution in [2.45, 2.75) is 76.2 Å². The Hall–Kier alpha value is -3.01. The molecule has 0 spiro atoms. The number of esters is 1. The van der Waals surface area contributed by atoms with Crippen molar-refractivity contribution in [3.63, 3.8) is 0 Å². The average Bonchev–Trinajstić information content (AvgIpc) is 3.47. The highest BCUT2D eigenvalue weighted by Crippen LogP contribution is 2.45. The number of Topliss-reactive ketones (excluding diaryl/α,β-unsaturated/α-hetero) is 1. The van der Waals surface area contributed by atoms with E-state index in [1.54, 1.807) is 37.8 Å². The van der Waals surface area contributed by atoms with Crippen LogP contribution in [0.5, 0.6) is 0 Å². The Morgan fingerprint density at radius 2 is 2.00 bits per heavy atom. The van der Waals surface area contributed by atoms with Crippen LogP contribution in [0, 0.1) is 29.0 Å². The zero-order valence-corrected chi connectivity index (χ0v) is 20.1. The third kappa shape index (κ3) is 4.77. The molecule has 1 aliphatic carbocycles. The van der Waals surface area contributed by atoms with Gasteiger partial charge in [0, 0.05) is 25.2 Å². The lowest BCUT2D eigenvalue weighted by molar-refractivity contribution is -0.185. The maximum absolute atomic E-state index is 14.8. The number of halogens is 1. The summed E-state index contributed by atoms with van der Waals surface area (Å²) in [5.41, 5.74) is 0.219. The number of rotatable bonds is 7. The molecule has 2 unspecified atom stereocenters. The van der Waals surface area contributed by atoms with Crippen molar-refractivity contribution in [3.05, 3.63) is 53.1 Å². The van der Waals surface area contributed by atoms with Gasteiger partial charge >= 0.3 is 5.97 Å². The Morgan fingerprint density at radius 3 is 2.59 bits per heavy atom. The molecule has 1 saturated heterocycles. The lowest BCUT2D eigenvalue weighted by Gasteiger charge is -2.43. The molecule has 7 heteroatoms. The first-order valence-electron chi connectivity index (χ1n) is 12.1. The molecule has 2 heterocycles. The maximum Gasteiger partial charge on any atom is 0.317 e. The lowest BCUT2D eigenvalue weighted by atomic mass is 9.73. The first kappa shape index (κ1) is 24.1. The highest BCUT2D eigenvalue weighted by molar-refractivity contribution is 6.01. The number of cyclic esters (lactones) is 1. The highest BCUT2D eigenvalue weighted by Gasteiger charge is 2.51. The van der Waals surface area contributed by atoms with Crippen LogP contribution in [-0.2, 0) is 39.6 Å². The van der Waals surface area contributed by atoms with E-state index in [4.69, 9.17) is 4.74 Å². The molecule has 1 saturated carbocycles. The van der Waals surface area contributed by atoms with E-state index in [1.165, 1.54) is 6.07 Å². The SMILES string of the molecule is Cn1cc(CC2C(=O)CC(CCc3ccc(C(C)(C)C#N)c(F)c3)(C3CCCC3)OC2=O)cn1. The minimum absolute atomic E-state index is 0.0794. The minimum Gasteiger partial charge on any atom is -0.458 e. The van der Waals surface area contributed by atoms with Gasteiger partial charge in [0.25, 0.3) is 0 Å². The molecule has 0 bridgehead atoms. The molecule has 0 radical (unpaired) electrons. The van der Waals surface area contributed by atoms with Gasteiger partial charge in [-0.2, -0.15) is 10.4 Å². The van der Waals surface area contributed by atoms with Gasteiger partial charge in [0.15, 0.2) is 5.78 Å². The smallest absolute Gasteiger partial charge is 0.317 e. The number of ether oxygens (including phenoxy) is 1. The summed E-state index contributed by atoms with van der Waals surface area (Å²) in [6.07, 6.45) is 8.94. The highest BCUT2D eigenvalue weighted by atomic mass is 19.1. The summed E-state index contributed by atoms with van der Waals surface area (Å²) < 4.78 is 22.6. The van der Waals surface area contributed by atoms with E-state index in [9.17, 15) is 19.2 Å². The van der Waals surface area contributed by atoms with Gasteiger partial charge in [0.05, 0.1) is 17.7 Å². The van der Waals surface area contributed by atoms with Crippen LogP contribution >= 0.6 is 0 Å². The number of ketones is 1. The van der Waals surface area contributed by atoms with Crippen molar-refractivity contribution in [1.29, 1.82) is 5.26 Å². The van der Waals surface area contributed by atoms with Crippen molar-refractivity contribution in [3.8, 4) is 6.07 Å². The molecule has 4 rings (SSSR count). The lowest BCUT2D eigenvalue weighted by Crippen LogP contribution is -2.52. The fourth-order valence-electron chi connectivity index (χ4n) is 5.53. The van der Waals surface area contributed by atoms with Crippen molar-refractivity contribution >= 4 is 11.8 Å². The van der Waals surface area contributed by atoms with E-state index in [0.29, 0.717) is 24.8 Å². The summed E-state index contributed by atoms with van der Waals surface area (Å²) in [7, 11) is 1.80. The number of benzene rings is 1. The molecule has 6 nitrogen and oxygen atoms in total. The molecule has 34 heavy (non-hydrogen) atoms. The van der Waals surface area contributed by atoms with E-state index in [0.717, 1.165) is 36.8 Å². The molecule has 2 fully saturated rings. The quantitative estimate of drug-likeness (QED) is 0.441. The van der Waals surface area contributed by atoms with E-state index < -0.39 is 28.7 Å². The second kappa shape index (κ2) is 9.32. The minimum atomic E-state index is -0.914. The largest absolute Gasteiger partial charge is 0.458 e. The third-order valence-electron chi connectivity index (χ3n) is 7.57. The fraction of sp³-hybridized carbons (Fsp3) is 0.556. The molecule has 2 aliphatic rings. The second-order valence-electron chi connectivity index (χ2n) is 10.4. The summed E-state index contributed by atoms with van der Waals surface area (Å²) in [6.45, 7) is 3.38. The zero-order chi connectivity index (χ0) is 24.5. The summed E-state index contributed by atoms with van der Waals surface area (Å²) in [6, 6.07) is 7.10. The molecule has 180 valence electrons. The van der Waals surface area contributed by atoms with Crippen LogP contribution in [-0.4, -0.2) is 27.1 Å². The van der Waals surface area contributed by atoms with E-state index >= 15 is 0 Å². The van der Waals surface area contributed by atoms with Crippen molar-refractivity contribution in [2.24, 2.45) is 18.9 Å². The summed E-state index contributed by atoms with van der Waals surface area (Å²) in [5, 5.41) is 13.5.